The second-order valence-corrected chi connectivity index (χ2v) is 4.79. The van der Waals surface area contributed by atoms with E-state index in [0.717, 1.165) is 18.2 Å². The summed E-state index contributed by atoms with van der Waals surface area (Å²) in [5.74, 6) is -0.562. The highest BCUT2D eigenvalue weighted by atomic mass is 32.2. The monoisotopic (exact) mass is 217 g/mol. The highest BCUT2D eigenvalue weighted by molar-refractivity contribution is 7.92. The third-order valence-corrected chi connectivity index (χ3v) is 2.33. The summed E-state index contributed by atoms with van der Waals surface area (Å²) in [6.07, 6.45) is 1.73. The van der Waals surface area contributed by atoms with Crippen LogP contribution in [0.4, 0.5) is 10.1 Å². The SMILES string of the molecule is CCc1ccc(F)c(NS(C)(=O)=O)c1. The Morgan fingerprint density at radius 1 is 1.43 bits per heavy atom. The summed E-state index contributed by atoms with van der Waals surface area (Å²) < 4.78 is 37.0. The van der Waals surface area contributed by atoms with E-state index in [1.165, 1.54) is 12.1 Å². The predicted molar refractivity (Wildman–Crippen MR) is 54.2 cm³/mol. The van der Waals surface area contributed by atoms with E-state index >= 15 is 0 Å². The minimum Gasteiger partial charge on any atom is -0.281 e. The van der Waals surface area contributed by atoms with E-state index in [-0.39, 0.29) is 5.69 Å². The topological polar surface area (TPSA) is 46.2 Å². The van der Waals surface area contributed by atoms with Crippen LogP contribution < -0.4 is 4.72 Å². The zero-order valence-corrected chi connectivity index (χ0v) is 8.86. The number of benzene rings is 1. The number of hydrogen-bond donors (Lipinski definition) is 1. The van der Waals surface area contributed by atoms with Gasteiger partial charge in [-0.2, -0.15) is 0 Å². The molecule has 0 aliphatic heterocycles. The van der Waals surface area contributed by atoms with Crippen molar-refractivity contribution in [1.82, 2.24) is 0 Å². The molecule has 1 N–H and O–H groups in total. The quantitative estimate of drug-likeness (QED) is 0.838. The lowest BCUT2D eigenvalue weighted by Crippen LogP contribution is -2.11. The van der Waals surface area contributed by atoms with Crippen LogP contribution in [0.2, 0.25) is 0 Å². The standard InChI is InChI=1S/C9H12FNO2S/c1-3-7-4-5-8(10)9(6-7)11-14(2,12)13/h4-6,11H,3H2,1-2H3. The number of sulfonamides is 1. The van der Waals surface area contributed by atoms with Crippen LogP contribution in [0.15, 0.2) is 18.2 Å². The Bertz CT molecular complexity index is 428. The zero-order valence-electron chi connectivity index (χ0n) is 8.04. The lowest BCUT2D eigenvalue weighted by Gasteiger charge is -2.06. The molecule has 1 rings (SSSR count). The highest BCUT2D eigenvalue weighted by Crippen LogP contribution is 2.17. The van der Waals surface area contributed by atoms with Crippen LogP contribution in [0.3, 0.4) is 0 Å². The van der Waals surface area contributed by atoms with Crippen molar-refractivity contribution in [2.75, 3.05) is 11.0 Å². The number of nitrogens with one attached hydrogen (secondary N) is 1. The summed E-state index contributed by atoms with van der Waals surface area (Å²) in [6.45, 7) is 1.91. The molecular weight excluding hydrogens is 205 g/mol. The number of halogens is 1. The van der Waals surface area contributed by atoms with E-state index in [1.807, 2.05) is 6.92 Å². The third kappa shape index (κ3) is 2.99. The van der Waals surface area contributed by atoms with Crippen LogP contribution in [0, 0.1) is 5.82 Å². The predicted octanol–water partition coefficient (Wildman–Crippen LogP) is 1.76. The molecule has 0 atom stereocenters. The van der Waals surface area contributed by atoms with Gasteiger partial charge in [-0.25, -0.2) is 12.8 Å². The molecule has 1 aromatic carbocycles. The second-order valence-electron chi connectivity index (χ2n) is 3.04. The van der Waals surface area contributed by atoms with Gasteiger partial charge in [-0.05, 0) is 24.1 Å². The summed E-state index contributed by atoms with van der Waals surface area (Å²) in [7, 11) is -3.41. The molecule has 5 heteroatoms. The van der Waals surface area contributed by atoms with Gasteiger partial charge in [-0.3, -0.25) is 4.72 Å². The molecule has 0 radical (unpaired) electrons. The molecule has 14 heavy (non-hydrogen) atoms. The minimum absolute atomic E-state index is 0.00634. The average Bonchev–Trinajstić information content (AvgIpc) is 2.06. The molecule has 0 unspecified atom stereocenters. The minimum atomic E-state index is -3.41. The van der Waals surface area contributed by atoms with Gasteiger partial charge in [0.05, 0.1) is 11.9 Å². The van der Waals surface area contributed by atoms with Crippen molar-refractivity contribution in [2.45, 2.75) is 13.3 Å². The molecule has 0 bridgehead atoms. The van der Waals surface area contributed by atoms with Crippen molar-refractivity contribution < 1.29 is 12.8 Å². The number of anilines is 1. The van der Waals surface area contributed by atoms with Gasteiger partial charge in [0, 0.05) is 0 Å². The molecule has 0 aliphatic carbocycles. The Hall–Kier alpha value is -1.10. The van der Waals surface area contributed by atoms with E-state index in [1.54, 1.807) is 6.07 Å². The largest absolute Gasteiger partial charge is 0.281 e. The molecular formula is C9H12FNO2S. The fourth-order valence-electron chi connectivity index (χ4n) is 1.07. The number of aryl methyl sites for hydroxylation is 1. The first-order valence-corrected chi connectivity index (χ1v) is 6.07. The molecule has 0 saturated heterocycles. The first kappa shape index (κ1) is 11.0. The normalized spacial score (nSPS) is 11.4. The first-order valence-electron chi connectivity index (χ1n) is 4.18. The molecule has 0 heterocycles. The fourth-order valence-corrected chi connectivity index (χ4v) is 1.63. The average molecular weight is 217 g/mol. The van der Waals surface area contributed by atoms with Crippen LogP contribution in [0.25, 0.3) is 0 Å². The number of hydrogen-bond acceptors (Lipinski definition) is 2. The van der Waals surface area contributed by atoms with Crippen molar-refractivity contribution in [3.05, 3.63) is 29.6 Å². The lowest BCUT2D eigenvalue weighted by atomic mass is 10.1. The Morgan fingerprint density at radius 2 is 2.07 bits per heavy atom. The smallest absolute Gasteiger partial charge is 0.229 e. The van der Waals surface area contributed by atoms with Crippen molar-refractivity contribution in [2.24, 2.45) is 0 Å². The Balaban J connectivity index is 3.07. The van der Waals surface area contributed by atoms with Gasteiger partial charge in [0.25, 0.3) is 0 Å². The van der Waals surface area contributed by atoms with Crippen LogP contribution in [-0.2, 0) is 16.4 Å². The molecule has 78 valence electrons. The summed E-state index contributed by atoms with van der Waals surface area (Å²) in [6, 6.07) is 4.38. The fraction of sp³-hybridized carbons (Fsp3) is 0.333. The molecule has 0 spiro atoms. The summed E-state index contributed by atoms with van der Waals surface area (Å²) in [4.78, 5) is 0. The Labute approximate surface area is 83.0 Å². The summed E-state index contributed by atoms with van der Waals surface area (Å²) >= 11 is 0. The van der Waals surface area contributed by atoms with Crippen molar-refractivity contribution in [1.29, 1.82) is 0 Å². The number of rotatable bonds is 3. The zero-order chi connectivity index (χ0) is 10.8. The molecule has 0 fully saturated rings. The van der Waals surface area contributed by atoms with E-state index in [2.05, 4.69) is 4.72 Å². The second kappa shape index (κ2) is 3.96. The van der Waals surface area contributed by atoms with Gasteiger partial charge < -0.3 is 0 Å². The van der Waals surface area contributed by atoms with Gasteiger partial charge in [0.1, 0.15) is 5.82 Å². The van der Waals surface area contributed by atoms with Gasteiger partial charge in [0.15, 0.2) is 0 Å². The third-order valence-electron chi connectivity index (χ3n) is 1.73. The van der Waals surface area contributed by atoms with Gasteiger partial charge in [-0.1, -0.05) is 13.0 Å². The van der Waals surface area contributed by atoms with Crippen LogP contribution in [0.5, 0.6) is 0 Å². The van der Waals surface area contributed by atoms with E-state index < -0.39 is 15.8 Å². The van der Waals surface area contributed by atoms with Crippen LogP contribution >= 0.6 is 0 Å². The van der Waals surface area contributed by atoms with Gasteiger partial charge in [-0.15, -0.1) is 0 Å². The maximum absolute atomic E-state index is 13.1. The molecule has 0 aliphatic rings. The van der Waals surface area contributed by atoms with Crippen LogP contribution in [-0.4, -0.2) is 14.7 Å². The molecule has 0 saturated carbocycles. The lowest BCUT2D eigenvalue weighted by molar-refractivity contribution is 0.603. The molecule has 3 nitrogen and oxygen atoms in total. The van der Waals surface area contributed by atoms with E-state index in [4.69, 9.17) is 0 Å². The molecule has 0 aromatic heterocycles. The Morgan fingerprint density at radius 3 is 2.57 bits per heavy atom. The molecule has 1 aromatic rings. The van der Waals surface area contributed by atoms with Gasteiger partial charge in [0.2, 0.25) is 10.0 Å². The highest BCUT2D eigenvalue weighted by Gasteiger charge is 2.07. The molecule has 0 amide bonds. The van der Waals surface area contributed by atoms with E-state index in [0.29, 0.717) is 0 Å². The van der Waals surface area contributed by atoms with Crippen molar-refractivity contribution in [3.63, 3.8) is 0 Å². The summed E-state index contributed by atoms with van der Waals surface area (Å²) in [5.41, 5.74) is 0.893. The summed E-state index contributed by atoms with van der Waals surface area (Å²) in [5, 5.41) is 0. The Kier molecular flexibility index (Phi) is 3.10. The maximum Gasteiger partial charge on any atom is 0.229 e. The maximum atomic E-state index is 13.1. The van der Waals surface area contributed by atoms with Crippen LogP contribution in [0.1, 0.15) is 12.5 Å². The van der Waals surface area contributed by atoms with Crippen molar-refractivity contribution in [3.8, 4) is 0 Å². The first-order chi connectivity index (χ1) is 6.42. The van der Waals surface area contributed by atoms with E-state index in [9.17, 15) is 12.8 Å². The van der Waals surface area contributed by atoms with Crippen molar-refractivity contribution >= 4 is 15.7 Å². The van der Waals surface area contributed by atoms with Gasteiger partial charge >= 0.3 is 0 Å².